The first kappa shape index (κ1) is 13.3. The number of rotatable bonds is 2. The average molecular weight is 276 g/mol. The molecule has 0 saturated heterocycles. The molecule has 0 atom stereocenters. The lowest BCUT2D eigenvalue weighted by Gasteiger charge is -2.12. The lowest BCUT2D eigenvalue weighted by molar-refractivity contribution is 0.404. The molecule has 3 aromatic rings. The number of hydrogen-bond acceptors (Lipinski definition) is 2. The highest BCUT2D eigenvalue weighted by molar-refractivity contribution is 5.84. The first-order chi connectivity index (χ1) is 10.1. The van der Waals surface area contributed by atoms with Gasteiger partial charge in [-0.05, 0) is 41.3 Å². The van der Waals surface area contributed by atoms with Crippen molar-refractivity contribution in [3.8, 4) is 33.8 Å². The van der Waals surface area contributed by atoms with Crippen molar-refractivity contribution in [2.45, 2.75) is 6.92 Å². The SMILES string of the molecule is Cc1ccc(-c2ccccc2)c(-c2ccc(O)c(O)c2)c1. The van der Waals surface area contributed by atoms with Gasteiger partial charge >= 0.3 is 0 Å². The highest BCUT2D eigenvalue weighted by Crippen LogP contribution is 2.36. The molecule has 21 heavy (non-hydrogen) atoms. The summed E-state index contributed by atoms with van der Waals surface area (Å²) in [5.41, 5.74) is 5.30. The number of phenolic OH excluding ortho intramolecular Hbond substituents is 2. The molecule has 3 rings (SSSR count). The van der Waals surface area contributed by atoms with Crippen LogP contribution in [0.25, 0.3) is 22.3 Å². The fraction of sp³-hybridized carbons (Fsp3) is 0.0526. The minimum atomic E-state index is -0.104. The van der Waals surface area contributed by atoms with Crippen molar-refractivity contribution in [3.63, 3.8) is 0 Å². The minimum absolute atomic E-state index is 0.104. The Hall–Kier alpha value is -2.74. The first-order valence-corrected chi connectivity index (χ1v) is 6.83. The summed E-state index contributed by atoms with van der Waals surface area (Å²) in [6.07, 6.45) is 0. The normalized spacial score (nSPS) is 10.5. The number of hydrogen-bond donors (Lipinski definition) is 2. The standard InChI is InChI=1S/C19H16O2/c1-13-7-9-16(14-5-3-2-4-6-14)17(11-13)15-8-10-18(20)19(21)12-15/h2-12,20-21H,1H3. The summed E-state index contributed by atoms with van der Waals surface area (Å²) in [5, 5.41) is 19.2. The van der Waals surface area contributed by atoms with E-state index in [1.165, 1.54) is 6.07 Å². The molecule has 0 unspecified atom stereocenters. The third-order valence-electron chi connectivity index (χ3n) is 3.55. The molecule has 0 bridgehead atoms. The van der Waals surface area contributed by atoms with Gasteiger partial charge in [0, 0.05) is 0 Å². The molecule has 0 amide bonds. The Morgan fingerprint density at radius 3 is 2.10 bits per heavy atom. The van der Waals surface area contributed by atoms with E-state index in [0.717, 1.165) is 27.8 Å². The third kappa shape index (κ3) is 2.61. The Morgan fingerprint density at radius 2 is 1.38 bits per heavy atom. The molecular weight excluding hydrogens is 260 g/mol. The second kappa shape index (κ2) is 5.33. The van der Waals surface area contributed by atoms with E-state index >= 15 is 0 Å². The summed E-state index contributed by atoms with van der Waals surface area (Å²) in [6.45, 7) is 2.04. The summed E-state index contributed by atoms with van der Waals surface area (Å²) in [7, 11) is 0. The number of aryl methyl sites for hydroxylation is 1. The molecule has 3 aromatic carbocycles. The van der Waals surface area contributed by atoms with Crippen molar-refractivity contribution in [2.75, 3.05) is 0 Å². The highest BCUT2D eigenvalue weighted by atomic mass is 16.3. The second-order valence-electron chi connectivity index (χ2n) is 5.12. The average Bonchev–Trinajstić information content (AvgIpc) is 2.51. The van der Waals surface area contributed by atoms with Crippen molar-refractivity contribution < 1.29 is 10.2 Å². The molecule has 104 valence electrons. The van der Waals surface area contributed by atoms with Gasteiger partial charge in [0.1, 0.15) is 0 Å². The van der Waals surface area contributed by atoms with Crippen LogP contribution in [-0.2, 0) is 0 Å². The third-order valence-corrected chi connectivity index (χ3v) is 3.55. The van der Waals surface area contributed by atoms with Crippen molar-refractivity contribution in [2.24, 2.45) is 0 Å². The fourth-order valence-corrected chi connectivity index (χ4v) is 2.46. The van der Waals surface area contributed by atoms with Crippen LogP contribution in [0.4, 0.5) is 0 Å². The van der Waals surface area contributed by atoms with Gasteiger partial charge in [0.25, 0.3) is 0 Å². The van der Waals surface area contributed by atoms with Crippen LogP contribution >= 0.6 is 0 Å². The molecule has 2 nitrogen and oxygen atoms in total. The van der Waals surface area contributed by atoms with Gasteiger partial charge in [-0.25, -0.2) is 0 Å². The van der Waals surface area contributed by atoms with Gasteiger partial charge in [-0.15, -0.1) is 0 Å². The number of benzene rings is 3. The lowest BCUT2D eigenvalue weighted by atomic mass is 9.93. The van der Waals surface area contributed by atoms with Gasteiger partial charge in [-0.2, -0.15) is 0 Å². The zero-order chi connectivity index (χ0) is 14.8. The van der Waals surface area contributed by atoms with Crippen molar-refractivity contribution in [1.82, 2.24) is 0 Å². The van der Waals surface area contributed by atoms with Crippen LogP contribution in [0.5, 0.6) is 11.5 Å². The van der Waals surface area contributed by atoms with Crippen LogP contribution in [0.1, 0.15) is 5.56 Å². The molecule has 0 saturated carbocycles. The maximum absolute atomic E-state index is 9.74. The monoisotopic (exact) mass is 276 g/mol. The molecule has 0 aromatic heterocycles. The van der Waals surface area contributed by atoms with Crippen LogP contribution in [0.15, 0.2) is 66.7 Å². The van der Waals surface area contributed by atoms with Gasteiger partial charge in [0.15, 0.2) is 11.5 Å². The summed E-state index contributed by atoms with van der Waals surface area (Å²) in [4.78, 5) is 0. The molecule has 2 N–H and O–H groups in total. The molecule has 2 heteroatoms. The maximum atomic E-state index is 9.74. The summed E-state index contributed by atoms with van der Waals surface area (Å²) in [6, 6.07) is 21.3. The summed E-state index contributed by atoms with van der Waals surface area (Å²) < 4.78 is 0. The molecule has 0 aliphatic rings. The van der Waals surface area contributed by atoms with Crippen molar-refractivity contribution >= 4 is 0 Å². The second-order valence-corrected chi connectivity index (χ2v) is 5.12. The van der Waals surface area contributed by atoms with E-state index in [2.05, 4.69) is 30.3 Å². The molecule has 0 heterocycles. The molecule has 0 aliphatic carbocycles. The Bertz CT molecular complexity index is 777. The zero-order valence-corrected chi connectivity index (χ0v) is 11.7. The highest BCUT2D eigenvalue weighted by Gasteiger charge is 2.09. The molecular formula is C19H16O2. The molecule has 0 fully saturated rings. The van der Waals surface area contributed by atoms with Crippen LogP contribution in [0.2, 0.25) is 0 Å². The Labute approximate surface area is 123 Å². The smallest absolute Gasteiger partial charge is 0.158 e. The van der Waals surface area contributed by atoms with Gasteiger partial charge < -0.3 is 10.2 Å². The number of aromatic hydroxyl groups is 2. The predicted molar refractivity (Wildman–Crippen MR) is 85.4 cm³/mol. The van der Waals surface area contributed by atoms with E-state index in [0.29, 0.717) is 0 Å². The van der Waals surface area contributed by atoms with Gasteiger partial charge in [0.05, 0.1) is 0 Å². The first-order valence-electron chi connectivity index (χ1n) is 6.83. The minimum Gasteiger partial charge on any atom is -0.504 e. The Morgan fingerprint density at radius 1 is 0.619 bits per heavy atom. The number of phenols is 2. The summed E-state index contributed by atoms with van der Waals surface area (Å²) >= 11 is 0. The van der Waals surface area contributed by atoms with E-state index in [4.69, 9.17) is 0 Å². The topological polar surface area (TPSA) is 40.5 Å². The van der Waals surface area contributed by atoms with Crippen LogP contribution in [-0.4, -0.2) is 10.2 Å². The maximum Gasteiger partial charge on any atom is 0.158 e. The predicted octanol–water partition coefficient (Wildman–Crippen LogP) is 4.74. The van der Waals surface area contributed by atoms with E-state index in [9.17, 15) is 10.2 Å². The van der Waals surface area contributed by atoms with E-state index < -0.39 is 0 Å². The molecule has 0 aliphatic heterocycles. The Balaban J connectivity index is 2.21. The van der Waals surface area contributed by atoms with Gasteiger partial charge in [-0.1, -0.05) is 60.2 Å². The summed E-state index contributed by atoms with van der Waals surface area (Å²) in [5.74, 6) is -0.208. The van der Waals surface area contributed by atoms with E-state index in [-0.39, 0.29) is 11.5 Å². The fourth-order valence-electron chi connectivity index (χ4n) is 2.46. The van der Waals surface area contributed by atoms with Gasteiger partial charge in [0.2, 0.25) is 0 Å². The van der Waals surface area contributed by atoms with Crippen LogP contribution in [0, 0.1) is 6.92 Å². The van der Waals surface area contributed by atoms with Crippen LogP contribution < -0.4 is 0 Å². The largest absolute Gasteiger partial charge is 0.504 e. The van der Waals surface area contributed by atoms with E-state index in [1.54, 1.807) is 6.07 Å². The zero-order valence-electron chi connectivity index (χ0n) is 11.7. The van der Waals surface area contributed by atoms with Crippen LogP contribution in [0.3, 0.4) is 0 Å². The Kier molecular flexibility index (Phi) is 3.36. The van der Waals surface area contributed by atoms with Crippen molar-refractivity contribution in [3.05, 3.63) is 72.3 Å². The van der Waals surface area contributed by atoms with Crippen molar-refractivity contribution in [1.29, 1.82) is 0 Å². The van der Waals surface area contributed by atoms with E-state index in [1.807, 2.05) is 31.2 Å². The molecule has 0 radical (unpaired) electrons. The molecule has 0 spiro atoms. The lowest BCUT2D eigenvalue weighted by Crippen LogP contribution is -1.87. The van der Waals surface area contributed by atoms with Gasteiger partial charge in [-0.3, -0.25) is 0 Å². The quantitative estimate of drug-likeness (QED) is 0.664.